The summed E-state index contributed by atoms with van der Waals surface area (Å²) in [4.78, 5) is 16.0. The molecule has 0 N–H and O–H groups in total. The number of rotatable bonds is 4. The van der Waals surface area contributed by atoms with Crippen LogP contribution in [0.15, 0.2) is 18.5 Å². The maximum Gasteiger partial charge on any atom is 0.445 e. The molecular weight excluding hydrogens is 357 g/mol. The predicted octanol–water partition coefficient (Wildman–Crippen LogP) is 1.74. The van der Waals surface area contributed by atoms with Crippen LogP contribution in [0.5, 0.6) is 0 Å². The van der Waals surface area contributed by atoms with Gasteiger partial charge in [-0.2, -0.15) is 18.3 Å². The van der Waals surface area contributed by atoms with Crippen molar-refractivity contribution in [1.82, 2.24) is 24.9 Å². The van der Waals surface area contributed by atoms with E-state index in [0.717, 1.165) is 0 Å². The molecule has 11 heteroatoms. The lowest BCUT2D eigenvalue weighted by Crippen LogP contribution is -2.50. The normalized spacial score (nSPS) is 17.0. The summed E-state index contributed by atoms with van der Waals surface area (Å²) in [6.45, 7) is 4.11. The molecule has 1 amide bonds. The summed E-state index contributed by atoms with van der Waals surface area (Å²) in [7, 11) is 0. The number of piperazine rings is 1. The summed E-state index contributed by atoms with van der Waals surface area (Å²) in [6.07, 6.45) is -1.02. The van der Waals surface area contributed by atoms with Gasteiger partial charge in [0.25, 0.3) is 0 Å². The number of nitrogens with zero attached hydrogens (tertiary/aromatic N) is 6. The Hall–Kier alpha value is -2.17. The van der Waals surface area contributed by atoms with Gasteiger partial charge in [0, 0.05) is 38.6 Å². The van der Waals surface area contributed by atoms with E-state index < -0.39 is 11.2 Å². The molecule has 3 rings (SSSR count). The van der Waals surface area contributed by atoms with Crippen LogP contribution < -0.4 is 4.90 Å². The average Bonchev–Trinajstić information content (AvgIpc) is 3.25. The Bertz CT molecular complexity index is 708. The molecule has 136 valence electrons. The van der Waals surface area contributed by atoms with Crippen molar-refractivity contribution in [3.05, 3.63) is 23.5 Å². The highest BCUT2D eigenvalue weighted by molar-refractivity contribution is 7.15. The number of carbonyl (C=O) groups is 1. The van der Waals surface area contributed by atoms with Crippen LogP contribution in [0.25, 0.3) is 0 Å². The van der Waals surface area contributed by atoms with Crippen LogP contribution in [-0.4, -0.2) is 57.0 Å². The lowest BCUT2D eigenvalue weighted by atomic mass is 10.1. The zero-order valence-corrected chi connectivity index (χ0v) is 14.3. The second-order valence-corrected chi connectivity index (χ2v) is 6.79. The minimum absolute atomic E-state index is 0.0170. The molecule has 1 aliphatic heterocycles. The lowest BCUT2D eigenvalue weighted by Gasteiger charge is -2.35. The fourth-order valence-corrected chi connectivity index (χ4v) is 3.42. The van der Waals surface area contributed by atoms with E-state index in [1.54, 1.807) is 32.9 Å². The molecular formula is C14H17F3N6OS. The van der Waals surface area contributed by atoms with Gasteiger partial charge in [-0.3, -0.25) is 9.48 Å². The van der Waals surface area contributed by atoms with Gasteiger partial charge in [-0.1, -0.05) is 18.3 Å². The van der Waals surface area contributed by atoms with Crippen LogP contribution in [0.4, 0.5) is 18.3 Å². The standard InChI is InChI=1S/C14H17F3N6OS/c1-10(9-23-4-2-3-18-23)11(24)21-5-7-22(8-6-21)13-20-19-12(25-13)14(15,16)17/h2-4,10H,5-9H2,1H3/t10-/m0/s1. The van der Waals surface area contributed by atoms with Crippen LogP contribution >= 0.6 is 11.3 Å². The van der Waals surface area contributed by atoms with Crippen molar-refractivity contribution >= 4 is 22.4 Å². The van der Waals surface area contributed by atoms with Crippen molar-refractivity contribution in [2.75, 3.05) is 31.1 Å². The molecule has 0 radical (unpaired) electrons. The Kier molecular flexibility index (Phi) is 4.93. The molecule has 0 unspecified atom stereocenters. The number of amides is 1. The second-order valence-electron chi connectivity index (χ2n) is 5.83. The Morgan fingerprint density at radius 3 is 2.56 bits per heavy atom. The Morgan fingerprint density at radius 1 is 1.28 bits per heavy atom. The summed E-state index contributed by atoms with van der Waals surface area (Å²) in [5.41, 5.74) is 0. The number of halogens is 3. The van der Waals surface area contributed by atoms with E-state index in [1.807, 2.05) is 6.92 Å². The third kappa shape index (κ3) is 4.09. The number of alkyl halides is 3. The lowest BCUT2D eigenvalue weighted by molar-refractivity contribution is -0.138. The van der Waals surface area contributed by atoms with Gasteiger partial charge in [-0.25, -0.2) is 0 Å². The fourth-order valence-electron chi connectivity index (χ4n) is 2.65. The summed E-state index contributed by atoms with van der Waals surface area (Å²) >= 11 is 0.529. The van der Waals surface area contributed by atoms with Gasteiger partial charge in [-0.05, 0) is 6.07 Å². The van der Waals surface area contributed by atoms with E-state index in [-0.39, 0.29) is 17.0 Å². The first kappa shape index (κ1) is 17.6. The number of aromatic nitrogens is 4. The number of hydrogen-bond acceptors (Lipinski definition) is 6. The molecule has 1 saturated heterocycles. The first-order chi connectivity index (χ1) is 11.8. The molecule has 1 aliphatic rings. The molecule has 0 aliphatic carbocycles. The maximum atomic E-state index is 12.6. The van der Waals surface area contributed by atoms with Crippen molar-refractivity contribution in [2.24, 2.45) is 5.92 Å². The first-order valence-corrected chi connectivity index (χ1v) is 8.58. The smallest absolute Gasteiger partial charge is 0.343 e. The van der Waals surface area contributed by atoms with Crippen LogP contribution in [0.2, 0.25) is 0 Å². The van der Waals surface area contributed by atoms with Gasteiger partial charge in [0.05, 0.1) is 12.5 Å². The van der Waals surface area contributed by atoms with Crippen molar-refractivity contribution in [1.29, 1.82) is 0 Å². The summed E-state index contributed by atoms with van der Waals surface area (Å²) in [5, 5.41) is 10.2. The Morgan fingerprint density at radius 2 is 2.00 bits per heavy atom. The predicted molar refractivity (Wildman–Crippen MR) is 85.1 cm³/mol. The minimum Gasteiger partial charge on any atom is -0.343 e. The van der Waals surface area contributed by atoms with Crippen LogP contribution in [-0.2, 0) is 17.5 Å². The van der Waals surface area contributed by atoms with E-state index in [1.165, 1.54) is 0 Å². The largest absolute Gasteiger partial charge is 0.445 e. The van der Waals surface area contributed by atoms with Crippen LogP contribution in [0.3, 0.4) is 0 Å². The quantitative estimate of drug-likeness (QED) is 0.816. The van der Waals surface area contributed by atoms with Gasteiger partial charge in [-0.15, -0.1) is 10.2 Å². The molecule has 2 aromatic rings. The zero-order chi connectivity index (χ0) is 18.0. The van der Waals surface area contributed by atoms with Crippen LogP contribution in [0, 0.1) is 5.92 Å². The highest BCUT2D eigenvalue weighted by Gasteiger charge is 2.36. The van der Waals surface area contributed by atoms with Crippen molar-refractivity contribution in [2.45, 2.75) is 19.6 Å². The third-order valence-electron chi connectivity index (χ3n) is 3.96. The van der Waals surface area contributed by atoms with Gasteiger partial charge >= 0.3 is 6.18 Å². The van der Waals surface area contributed by atoms with Crippen molar-refractivity contribution in [3.8, 4) is 0 Å². The van der Waals surface area contributed by atoms with Gasteiger partial charge in [0.15, 0.2) is 0 Å². The number of hydrogen-bond donors (Lipinski definition) is 0. The van der Waals surface area contributed by atoms with E-state index in [2.05, 4.69) is 15.3 Å². The molecule has 3 heterocycles. The number of carbonyl (C=O) groups excluding carboxylic acids is 1. The average molecular weight is 374 g/mol. The monoisotopic (exact) mass is 374 g/mol. The summed E-state index contributed by atoms with van der Waals surface area (Å²) < 4.78 is 39.5. The fraction of sp³-hybridized carbons (Fsp3) is 0.571. The topological polar surface area (TPSA) is 67.2 Å². The molecule has 1 fully saturated rings. The Balaban J connectivity index is 1.54. The molecule has 1 atom stereocenters. The molecule has 2 aromatic heterocycles. The maximum absolute atomic E-state index is 12.6. The zero-order valence-electron chi connectivity index (χ0n) is 13.5. The second kappa shape index (κ2) is 6.98. The molecule has 0 bridgehead atoms. The minimum atomic E-state index is -4.48. The molecule has 0 spiro atoms. The van der Waals surface area contributed by atoms with Crippen LogP contribution in [0.1, 0.15) is 11.9 Å². The molecule has 0 aromatic carbocycles. The van der Waals surface area contributed by atoms with E-state index in [4.69, 9.17) is 0 Å². The molecule has 7 nitrogen and oxygen atoms in total. The van der Waals surface area contributed by atoms with Gasteiger partial charge < -0.3 is 9.80 Å². The van der Waals surface area contributed by atoms with Gasteiger partial charge in [0.2, 0.25) is 16.0 Å². The molecule has 25 heavy (non-hydrogen) atoms. The molecule has 0 saturated carbocycles. The van der Waals surface area contributed by atoms with Crippen molar-refractivity contribution < 1.29 is 18.0 Å². The van der Waals surface area contributed by atoms with Gasteiger partial charge in [0.1, 0.15) is 0 Å². The van der Waals surface area contributed by atoms with Crippen molar-refractivity contribution in [3.63, 3.8) is 0 Å². The first-order valence-electron chi connectivity index (χ1n) is 7.76. The summed E-state index contributed by atoms with van der Waals surface area (Å²) in [6, 6.07) is 1.80. The van der Waals surface area contributed by atoms with E-state index >= 15 is 0 Å². The number of anilines is 1. The SMILES string of the molecule is C[C@@H](Cn1cccn1)C(=O)N1CCN(c2nnc(C(F)(F)F)s2)CC1. The van der Waals surface area contributed by atoms with E-state index in [0.29, 0.717) is 44.1 Å². The summed E-state index contributed by atoms with van der Waals surface area (Å²) in [5.74, 6) is -0.201. The Labute approximate surface area is 146 Å². The third-order valence-corrected chi connectivity index (χ3v) is 4.99. The highest BCUT2D eigenvalue weighted by Crippen LogP contribution is 2.34. The van der Waals surface area contributed by atoms with E-state index in [9.17, 15) is 18.0 Å². The highest BCUT2D eigenvalue weighted by atomic mass is 32.1.